The van der Waals surface area contributed by atoms with Gasteiger partial charge in [-0.25, -0.2) is 0 Å². The fraction of sp³-hybridized carbons (Fsp3) is 0.0588. The Balaban J connectivity index is 1.24. The van der Waals surface area contributed by atoms with Gasteiger partial charge in [0.2, 0.25) is 0 Å². The number of fused-ring (bicyclic) bond motifs is 2. The predicted molar refractivity (Wildman–Crippen MR) is 210 cm³/mol. The van der Waals surface area contributed by atoms with Crippen molar-refractivity contribution in [3.63, 3.8) is 0 Å². The van der Waals surface area contributed by atoms with Gasteiger partial charge < -0.3 is 15.6 Å². The standard InChI is InChI=1S/C34H27N7O14S4/c1-17-9-20(38-41-33-32(59(52,53)54)12-19-11-31(58(49,50)51)26(35)16-25(19)34(33)42)5-7-27(17)39-40-28-8-6-22(14-29(28)55-2)37-36-21-4-3-18-10-23(56(43,44)45)15-30(24(18)13-21)57(46,47)48/h3-16,42H,35H2,1-2H3,(H,43,44,45)(H,46,47,48)(H,49,50,51)(H,52,53,54). The number of hydrogen-bond donors (Lipinski definition) is 6. The molecule has 0 bridgehead atoms. The molecule has 0 spiro atoms. The van der Waals surface area contributed by atoms with Crippen LogP contribution in [0, 0.1) is 6.92 Å². The summed E-state index contributed by atoms with van der Waals surface area (Å²) in [6, 6.07) is 17.2. The van der Waals surface area contributed by atoms with Gasteiger partial charge in [-0.3, -0.25) is 18.2 Å². The quantitative estimate of drug-likeness (QED) is 0.0410. The zero-order chi connectivity index (χ0) is 43.2. The number of aryl methyl sites for hydroxylation is 1. The van der Waals surface area contributed by atoms with Crippen molar-refractivity contribution in [1.82, 2.24) is 0 Å². The average Bonchev–Trinajstić information content (AvgIpc) is 3.14. The lowest BCUT2D eigenvalue weighted by molar-refractivity contribution is 0.416. The van der Waals surface area contributed by atoms with Crippen LogP contribution in [-0.2, 0) is 40.5 Å². The second kappa shape index (κ2) is 15.5. The molecule has 0 amide bonds. The molecule has 0 saturated heterocycles. The molecule has 0 unspecified atom stereocenters. The number of benzene rings is 6. The van der Waals surface area contributed by atoms with Crippen LogP contribution < -0.4 is 10.5 Å². The number of anilines is 1. The Morgan fingerprint density at radius 1 is 0.525 bits per heavy atom. The van der Waals surface area contributed by atoms with Crippen LogP contribution >= 0.6 is 0 Å². The van der Waals surface area contributed by atoms with Crippen LogP contribution in [0.4, 0.5) is 39.8 Å². The molecule has 0 heterocycles. The number of aromatic hydroxyl groups is 1. The third-order valence-electron chi connectivity index (χ3n) is 8.34. The molecular weight excluding hydrogens is 859 g/mol. The van der Waals surface area contributed by atoms with Gasteiger partial charge in [0, 0.05) is 16.8 Å². The monoisotopic (exact) mass is 885 g/mol. The van der Waals surface area contributed by atoms with Crippen molar-refractivity contribution in [3.05, 3.63) is 90.5 Å². The molecule has 0 aliphatic heterocycles. The van der Waals surface area contributed by atoms with E-state index in [9.17, 15) is 57.0 Å². The maximum atomic E-state index is 12.2. The normalized spacial score (nSPS) is 13.1. The van der Waals surface area contributed by atoms with E-state index >= 15 is 0 Å². The van der Waals surface area contributed by atoms with Crippen molar-refractivity contribution in [2.45, 2.75) is 26.5 Å². The Morgan fingerprint density at radius 2 is 1.07 bits per heavy atom. The molecule has 21 nitrogen and oxygen atoms in total. The minimum absolute atomic E-state index is 0.0715. The molecule has 306 valence electrons. The van der Waals surface area contributed by atoms with Crippen molar-refractivity contribution in [2.75, 3.05) is 12.8 Å². The number of nitrogens with zero attached hydrogens (tertiary/aromatic N) is 6. The number of hydrogen-bond acceptors (Lipinski definition) is 17. The number of rotatable bonds is 11. The molecular formula is C34H27N7O14S4. The summed E-state index contributed by atoms with van der Waals surface area (Å²) in [5.41, 5.74) is 6.26. The van der Waals surface area contributed by atoms with E-state index in [1.807, 2.05) is 0 Å². The molecule has 6 aromatic rings. The average molecular weight is 886 g/mol. The molecule has 7 N–H and O–H groups in total. The summed E-state index contributed by atoms with van der Waals surface area (Å²) in [7, 11) is -18.2. The lowest BCUT2D eigenvalue weighted by atomic mass is 10.1. The Kier molecular flexibility index (Phi) is 11.1. The Labute approximate surface area is 334 Å². The van der Waals surface area contributed by atoms with Gasteiger partial charge in [0.15, 0.2) is 5.75 Å². The van der Waals surface area contributed by atoms with Crippen LogP contribution in [0.2, 0.25) is 0 Å². The largest absolute Gasteiger partial charge is 0.505 e. The molecule has 0 fully saturated rings. The SMILES string of the molecule is COc1cc(N=Nc2ccc3cc(S(=O)(=O)O)cc(S(=O)(=O)O)c3c2)ccc1N=Nc1ccc(N=Nc2c(S(=O)(=O)O)cc3cc(S(=O)(=O)O)c(N)cc3c2O)cc1C. The molecule has 0 atom stereocenters. The van der Waals surface area contributed by atoms with E-state index in [2.05, 4.69) is 30.7 Å². The topological polar surface area (TPSA) is 347 Å². The summed E-state index contributed by atoms with van der Waals surface area (Å²) < 4.78 is 139. The molecule has 6 rings (SSSR count). The molecule has 0 aliphatic carbocycles. The highest BCUT2D eigenvalue weighted by Crippen LogP contribution is 2.43. The van der Waals surface area contributed by atoms with E-state index in [0.29, 0.717) is 17.3 Å². The highest BCUT2D eigenvalue weighted by atomic mass is 32.2. The Bertz CT molecular complexity index is 3300. The van der Waals surface area contributed by atoms with Crippen molar-refractivity contribution in [1.29, 1.82) is 0 Å². The van der Waals surface area contributed by atoms with E-state index in [0.717, 1.165) is 24.3 Å². The molecule has 0 aromatic heterocycles. The van der Waals surface area contributed by atoms with Gasteiger partial charge in [0.25, 0.3) is 40.5 Å². The highest BCUT2D eigenvalue weighted by Gasteiger charge is 2.25. The van der Waals surface area contributed by atoms with Gasteiger partial charge in [0.05, 0.1) is 40.4 Å². The van der Waals surface area contributed by atoms with Gasteiger partial charge in [-0.15, -0.1) is 10.2 Å². The van der Waals surface area contributed by atoms with Crippen molar-refractivity contribution < 1.29 is 61.7 Å². The fourth-order valence-corrected chi connectivity index (χ4v) is 8.21. The van der Waals surface area contributed by atoms with Crippen LogP contribution in [0.25, 0.3) is 21.5 Å². The van der Waals surface area contributed by atoms with Gasteiger partial charge in [0.1, 0.15) is 31.8 Å². The Hall–Kier alpha value is -6.32. The first kappa shape index (κ1) is 42.3. The second-order valence-electron chi connectivity index (χ2n) is 12.3. The lowest BCUT2D eigenvalue weighted by Crippen LogP contribution is -2.04. The molecule has 0 saturated carbocycles. The molecule has 6 aromatic carbocycles. The van der Waals surface area contributed by atoms with Crippen LogP contribution in [0.3, 0.4) is 0 Å². The van der Waals surface area contributed by atoms with Gasteiger partial charge >= 0.3 is 0 Å². The maximum absolute atomic E-state index is 12.2. The summed E-state index contributed by atoms with van der Waals surface area (Å²) >= 11 is 0. The molecule has 25 heteroatoms. The second-order valence-corrected chi connectivity index (χ2v) is 17.9. The van der Waals surface area contributed by atoms with Gasteiger partial charge in [-0.1, -0.05) is 6.07 Å². The smallest absolute Gasteiger partial charge is 0.296 e. The lowest BCUT2D eigenvalue weighted by Gasteiger charge is -2.11. The number of nitrogens with two attached hydrogens (primary N) is 1. The predicted octanol–water partition coefficient (Wildman–Crippen LogP) is 7.83. The Morgan fingerprint density at radius 3 is 1.66 bits per heavy atom. The number of ether oxygens (including phenoxy) is 1. The first-order valence-electron chi connectivity index (χ1n) is 16.0. The van der Waals surface area contributed by atoms with Crippen molar-refractivity contribution >= 4 is 102 Å². The van der Waals surface area contributed by atoms with Crippen LogP contribution in [0.15, 0.2) is 135 Å². The zero-order valence-corrected chi connectivity index (χ0v) is 33.2. The minimum atomic E-state index is -5.06. The summed E-state index contributed by atoms with van der Waals surface area (Å²) in [5.74, 6) is -0.586. The first-order chi connectivity index (χ1) is 27.4. The van der Waals surface area contributed by atoms with Gasteiger partial charge in [-0.05, 0) is 96.1 Å². The summed E-state index contributed by atoms with van der Waals surface area (Å²) in [5, 5.41) is 35.0. The van der Waals surface area contributed by atoms with Gasteiger partial charge in [-0.2, -0.15) is 54.1 Å². The van der Waals surface area contributed by atoms with E-state index in [1.165, 1.54) is 61.7 Å². The fourth-order valence-electron chi connectivity index (χ4n) is 5.57. The van der Waals surface area contributed by atoms with E-state index in [-0.39, 0.29) is 50.0 Å². The highest BCUT2D eigenvalue weighted by molar-refractivity contribution is 7.87. The van der Waals surface area contributed by atoms with Crippen LogP contribution in [-0.4, -0.2) is 64.1 Å². The zero-order valence-electron chi connectivity index (χ0n) is 29.9. The van der Waals surface area contributed by atoms with Crippen LogP contribution in [0.5, 0.6) is 11.5 Å². The molecule has 0 radical (unpaired) electrons. The number of nitrogen functional groups attached to an aromatic ring is 1. The van der Waals surface area contributed by atoms with Crippen molar-refractivity contribution in [3.8, 4) is 11.5 Å². The summed E-state index contributed by atoms with van der Waals surface area (Å²) in [4.78, 5) is -3.17. The first-order valence-corrected chi connectivity index (χ1v) is 21.8. The van der Waals surface area contributed by atoms with E-state index in [4.69, 9.17) is 10.5 Å². The van der Waals surface area contributed by atoms with E-state index in [1.54, 1.807) is 6.92 Å². The number of methoxy groups -OCH3 is 1. The maximum Gasteiger partial charge on any atom is 0.296 e. The van der Waals surface area contributed by atoms with Crippen LogP contribution in [0.1, 0.15) is 5.56 Å². The summed E-state index contributed by atoms with van der Waals surface area (Å²) in [6.45, 7) is 1.65. The third-order valence-corrected chi connectivity index (χ3v) is 11.8. The minimum Gasteiger partial charge on any atom is -0.505 e. The van der Waals surface area contributed by atoms with E-state index < -0.39 is 77.2 Å². The number of phenolic OH excluding ortho intramolecular Hbond substituents is 1. The van der Waals surface area contributed by atoms with Crippen molar-refractivity contribution in [2.24, 2.45) is 30.7 Å². The molecule has 59 heavy (non-hydrogen) atoms. The molecule has 0 aliphatic rings. The summed E-state index contributed by atoms with van der Waals surface area (Å²) in [6.07, 6.45) is 0. The number of azo groups is 3. The number of phenols is 1. The third kappa shape index (κ3) is 9.21.